The Morgan fingerprint density at radius 1 is 1.31 bits per heavy atom. The molecule has 1 fully saturated rings. The Morgan fingerprint density at radius 2 is 2.04 bits per heavy atom. The molecule has 148 valence electrons. The van der Waals surface area contributed by atoms with E-state index in [1.165, 1.54) is 25.7 Å². The van der Waals surface area contributed by atoms with Crippen LogP contribution in [-0.4, -0.2) is 46.0 Å². The fourth-order valence-corrected chi connectivity index (χ4v) is 3.31. The molecule has 1 aromatic rings. The quantitative estimate of drug-likeness (QED) is 0.520. The molecule has 2 N–H and O–H groups in total. The first-order chi connectivity index (χ1) is 12.5. The van der Waals surface area contributed by atoms with Crippen molar-refractivity contribution in [3.8, 4) is 0 Å². The van der Waals surface area contributed by atoms with E-state index in [4.69, 9.17) is 9.73 Å². The summed E-state index contributed by atoms with van der Waals surface area (Å²) >= 11 is 0. The number of rotatable bonds is 9. The lowest BCUT2D eigenvalue weighted by atomic mass is 10.0. The highest BCUT2D eigenvalue weighted by Crippen LogP contribution is 2.17. The standard InChI is InChI=1S/C19H36N6O/c1-6-26-17(14(2)3)11-12-20-19(22-16-9-7-8-10-16)21-13-18-24-23-15(4)25(18)5/h14,16-17H,6-13H2,1-5H3,(H2,20,21,22). The van der Waals surface area contributed by atoms with Crippen molar-refractivity contribution in [2.24, 2.45) is 18.0 Å². The topological polar surface area (TPSA) is 76.4 Å². The lowest BCUT2D eigenvalue weighted by Crippen LogP contribution is -2.43. The van der Waals surface area contributed by atoms with Gasteiger partial charge in [-0.3, -0.25) is 0 Å². The Bertz CT molecular complexity index is 562. The molecule has 0 spiro atoms. The Kier molecular flexibility index (Phi) is 8.35. The molecule has 1 unspecified atom stereocenters. The van der Waals surface area contributed by atoms with Crippen LogP contribution in [0, 0.1) is 12.8 Å². The van der Waals surface area contributed by atoms with Gasteiger partial charge in [0.05, 0.1) is 6.10 Å². The van der Waals surface area contributed by atoms with Gasteiger partial charge in [-0.25, -0.2) is 4.99 Å². The summed E-state index contributed by atoms with van der Waals surface area (Å²) in [4.78, 5) is 4.75. The van der Waals surface area contributed by atoms with E-state index in [1.54, 1.807) is 0 Å². The van der Waals surface area contributed by atoms with E-state index in [1.807, 2.05) is 18.5 Å². The highest BCUT2D eigenvalue weighted by Gasteiger charge is 2.17. The monoisotopic (exact) mass is 364 g/mol. The van der Waals surface area contributed by atoms with Crippen LogP contribution in [0.3, 0.4) is 0 Å². The number of hydrogen-bond acceptors (Lipinski definition) is 4. The number of nitrogens with one attached hydrogen (secondary N) is 2. The van der Waals surface area contributed by atoms with Gasteiger partial charge >= 0.3 is 0 Å². The predicted octanol–water partition coefficient (Wildman–Crippen LogP) is 2.55. The highest BCUT2D eigenvalue weighted by molar-refractivity contribution is 5.80. The summed E-state index contributed by atoms with van der Waals surface area (Å²) in [7, 11) is 1.98. The van der Waals surface area contributed by atoms with Crippen LogP contribution in [0.4, 0.5) is 0 Å². The first-order valence-electron chi connectivity index (χ1n) is 10.0. The summed E-state index contributed by atoms with van der Waals surface area (Å²) in [6.45, 7) is 10.6. The molecule has 1 saturated carbocycles. The van der Waals surface area contributed by atoms with Crippen LogP contribution in [0.2, 0.25) is 0 Å². The smallest absolute Gasteiger partial charge is 0.191 e. The Morgan fingerprint density at radius 3 is 2.62 bits per heavy atom. The number of aromatic nitrogens is 3. The number of nitrogens with zero attached hydrogens (tertiary/aromatic N) is 4. The van der Waals surface area contributed by atoms with E-state index in [-0.39, 0.29) is 6.10 Å². The fourth-order valence-electron chi connectivity index (χ4n) is 3.31. The fraction of sp³-hybridized carbons (Fsp3) is 0.842. The minimum Gasteiger partial charge on any atom is -0.378 e. The van der Waals surface area contributed by atoms with Crippen LogP contribution in [0.15, 0.2) is 4.99 Å². The second-order valence-electron chi connectivity index (χ2n) is 7.47. The zero-order chi connectivity index (χ0) is 18.9. The SMILES string of the molecule is CCOC(CCNC(=NCc1nnc(C)n1C)NC1CCCC1)C(C)C. The molecule has 0 saturated heterocycles. The van der Waals surface area contributed by atoms with Crippen LogP contribution in [-0.2, 0) is 18.3 Å². The average Bonchev–Trinajstić information content (AvgIpc) is 3.23. The third kappa shape index (κ3) is 6.27. The molecule has 7 nitrogen and oxygen atoms in total. The molecule has 1 heterocycles. The average molecular weight is 365 g/mol. The molecule has 0 amide bonds. The lowest BCUT2D eigenvalue weighted by molar-refractivity contribution is 0.0258. The summed E-state index contributed by atoms with van der Waals surface area (Å²) in [5, 5.41) is 15.4. The highest BCUT2D eigenvalue weighted by atomic mass is 16.5. The van der Waals surface area contributed by atoms with Gasteiger partial charge in [-0.2, -0.15) is 0 Å². The second kappa shape index (κ2) is 10.5. The van der Waals surface area contributed by atoms with Gasteiger partial charge in [-0.1, -0.05) is 26.7 Å². The predicted molar refractivity (Wildman–Crippen MR) is 105 cm³/mol. The van der Waals surface area contributed by atoms with Gasteiger partial charge in [0.2, 0.25) is 0 Å². The van der Waals surface area contributed by atoms with Crippen LogP contribution < -0.4 is 10.6 Å². The van der Waals surface area contributed by atoms with Crippen molar-refractivity contribution in [3.05, 3.63) is 11.6 Å². The maximum Gasteiger partial charge on any atom is 0.191 e. The Hall–Kier alpha value is -1.63. The van der Waals surface area contributed by atoms with E-state index in [2.05, 4.69) is 41.6 Å². The molecule has 1 atom stereocenters. The molecule has 0 bridgehead atoms. The van der Waals surface area contributed by atoms with Gasteiger partial charge in [0.1, 0.15) is 12.4 Å². The number of aliphatic imine (C=N–C) groups is 1. The minimum absolute atomic E-state index is 0.279. The van der Waals surface area contributed by atoms with Gasteiger partial charge in [0.15, 0.2) is 11.8 Å². The Labute approximate surface area is 158 Å². The van der Waals surface area contributed by atoms with Crippen LogP contribution in [0.25, 0.3) is 0 Å². The van der Waals surface area contributed by atoms with Gasteiger partial charge < -0.3 is 19.9 Å². The molecule has 1 aliphatic rings. The molecule has 0 radical (unpaired) electrons. The van der Waals surface area contributed by atoms with Crippen molar-refractivity contribution in [2.45, 2.75) is 78.5 Å². The lowest BCUT2D eigenvalue weighted by Gasteiger charge is -2.22. The number of hydrogen-bond donors (Lipinski definition) is 2. The van der Waals surface area contributed by atoms with Gasteiger partial charge in [-0.15, -0.1) is 10.2 Å². The Balaban J connectivity index is 1.93. The first-order valence-corrected chi connectivity index (χ1v) is 10.0. The molecular formula is C19H36N6O. The van der Waals surface area contributed by atoms with Crippen LogP contribution in [0.1, 0.15) is 64.5 Å². The first kappa shape index (κ1) is 20.7. The molecule has 0 aliphatic heterocycles. The third-order valence-electron chi connectivity index (χ3n) is 5.10. The van der Waals surface area contributed by atoms with E-state index in [9.17, 15) is 0 Å². The molecule has 26 heavy (non-hydrogen) atoms. The van der Waals surface area contributed by atoms with E-state index < -0.39 is 0 Å². The summed E-state index contributed by atoms with van der Waals surface area (Å²) in [5.41, 5.74) is 0. The second-order valence-corrected chi connectivity index (χ2v) is 7.47. The van der Waals surface area contributed by atoms with Gasteiger partial charge in [0, 0.05) is 26.2 Å². The molecule has 2 rings (SSSR count). The van der Waals surface area contributed by atoms with Crippen molar-refractivity contribution in [2.75, 3.05) is 13.2 Å². The largest absolute Gasteiger partial charge is 0.378 e. The summed E-state index contributed by atoms with van der Waals surface area (Å²) < 4.78 is 7.83. The maximum atomic E-state index is 5.84. The van der Waals surface area contributed by atoms with Crippen molar-refractivity contribution < 1.29 is 4.74 Å². The zero-order valence-corrected chi connectivity index (χ0v) is 17.1. The number of ether oxygens (including phenoxy) is 1. The third-order valence-corrected chi connectivity index (χ3v) is 5.10. The molecule has 1 aromatic heterocycles. The molecule has 0 aromatic carbocycles. The maximum absolute atomic E-state index is 5.84. The minimum atomic E-state index is 0.279. The van der Waals surface area contributed by atoms with Crippen LogP contribution >= 0.6 is 0 Å². The summed E-state index contributed by atoms with van der Waals surface area (Å²) in [6.07, 6.45) is 6.29. The van der Waals surface area contributed by atoms with Crippen molar-refractivity contribution in [3.63, 3.8) is 0 Å². The van der Waals surface area contributed by atoms with E-state index in [0.717, 1.165) is 37.2 Å². The van der Waals surface area contributed by atoms with Crippen molar-refractivity contribution in [1.82, 2.24) is 25.4 Å². The van der Waals surface area contributed by atoms with Gasteiger partial charge in [-0.05, 0) is 39.0 Å². The molecule has 7 heteroatoms. The number of guanidine groups is 1. The van der Waals surface area contributed by atoms with Crippen LogP contribution in [0.5, 0.6) is 0 Å². The van der Waals surface area contributed by atoms with Crippen molar-refractivity contribution >= 4 is 5.96 Å². The molecular weight excluding hydrogens is 328 g/mol. The normalized spacial score (nSPS) is 17.1. The summed E-state index contributed by atoms with van der Waals surface area (Å²) in [6, 6.07) is 0.523. The zero-order valence-electron chi connectivity index (χ0n) is 17.1. The van der Waals surface area contributed by atoms with Gasteiger partial charge in [0.25, 0.3) is 0 Å². The summed E-state index contributed by atoms with van der Waals surface area (Å²) in [5.74, 6) is 3.17. The number of aryl methyl sites for hydroxylation is 1. The molecule has 1 aliphatic carbocycles. The van der Waals surface area contributed by atoms with Crippen molar-refractivity contribution in [1.29, 1.82) is 0 Å². The van der Waals surface area contributed by atoms with E-state index in [0.29, 0.717) is 18.5 Å². The van der Waals surface area contributed by atoms with E-state index >= 15 is 0 Å².